The summed E-state index contributed by atoms with van der Waals surface area (Å²) >= 11 is 0. The third-order valence-electron chi connectivity index (χ3n) is 3.46. The van der Waals surface area contributed by atoms with Crippen molar-refractivity contribution in [3.05, 3.63) is 0 Å². The number of nitrogens with one attached hydrogen (secondary N) is 2. The average molecular weight is 211 g/mol. The molecule has 1 saturated heterocycles. The standard InChI is InChI=1S/C12H25N3/c1-5-13-7-10-15(9-1)11-8-14-6-4-12-2-3-12/h12-14H,1-11H2. The van der Waals surface area contributed by atoms with Gasteiger partial charge in [-0.1, -0.05) is 12.8 Å². The van der Waals surface area contributed by atoms with Gasteiger partial charge in [-0.2, -0.15) is 0 Å². The Labute approximate surface area is 93.6 Å². The summed E-state index contributed by atoms with van der Waals surface area (Å²) < 4.78 is 0. The van der Waals surface area contributed by atoms with E-state index in [9.17, 15) is 0 Å². The van der Waals surface area contributed by atoms with Crippen LogP contribution in [0, 0.1) is 5.92 Å². The number of hydrogen-bond acceptors (Lipinski definition) is 3. The Morgan fingerprint density at radius 2 is 2.07 bits per heavy atom. The van der Waals surface area contributed by atoms with Crippen molar-refractivity contribution < 1.29 is 0 Å². The molecule has 15 heavy (non-hydrogen) atoms. The van der Waals surface area contributed by atoms with Crippen LogP contribution in [0.5, 0.6) is 0 Å². The van der Waals surface area contributed by atoms with E-state index < -0.39 is 0 Å². The number of hydrogen-bond donors (Lipinski definition) is 2. The van der Waals surface area contributed by atoms with E-state index in [2.05, 4.69) is 15.5 Å². The van der Waals surface area contributed by atoms with Crippen molar-refractivity contribution in [1.82, 2.24) is 15.5 Å². The molecule has 1 aliphatic heterocycles. The van der Waals surface area contributed by atoms with Crippen molar-refractivity contribution in [2.75, 3.05) is 45.8 Å². The first-order valence-corrected chi connectivity index (χ1v) is 6.59. The lowest BCUT2D eigenvalue weighted by molar-refractivity contribution is 0.291. The Morgan fingerprint density at radius 1 is 1.13 bits per heavy atom. The Morgan fingerprint density at radius 3 is 2.93 bits per heavy atom. The zero-order chi connectivity index (χ0) is 10.3. The second-order valence-corrected chi connectivity index (χ2v) is 4.93. The summed E-state index contributed by atoms with van der Waals surface area (Å²) in [4.78, 5) is 2.57. The van der Waals surface area contributed by atoms with Crippen LogP contribution in [0.1, 0.15) is 25.7 Å². The molecule has 0 radical (unpaired) electrons. The van der Waals surface area contributed by atoms with E-state index in [4.69, 9.17) is 0 Å². The molecule has 1 saturated carbocycles. The molecule has 0 aromatic heterocycles. The second-order valence-electron chi connectivity index (χ2n) is 4.93. The predicted molar refractivity (Wildman–Crippen MR) is 64.1 cm³/mol. The van der Waals surface area contributed by atoms with Gasteiger partial charge >= 0.3 is 0 Å². The normalized spacial score (nSPS) is 24.0. The van der Waals surface area contributed by atoms with E-state index in [-0.39, 0.29) is 0 Å². The van der Waals surface area contributed by atoms with Crippen LogP contribution in [0.4, 0.5) is 0 Å². The summed E-state index contributed by atoms with van der Waals surface area (Å²) in [5.74, 6) is 1.07. The third-order valence-corrected chi connectivity index (χ3v) is 3.46. The minimum absolute atomic E-state index is 1.07. The molecule has 2 fully saturated rings. The van der Waals surface area contributed by atoms with Gasteiger partial charge in [0.05, 0.1) is 0 Å². The van der Waals surface area contributed by atoms with E-state index in [0.717, 1.165) is 5.92 Å². The lowest BCUT2D eigenvalue weighted by Gasteiger charge is -2.19. The van der Waals surface area contributed by atoms with Crippen LogP contribution in [-0.4, -0.2) is 50.7 Å². The first kappa shape index (κ1) is 11.4. The Balaban J connectivity index is 1.44. The van der Waals surface area contributed by atoms with Gasteiger partial charge in [0.25, 0.3) is 0 Å². The fourth-order valence-corrected chi connectivity index (χ4v) is 2.20. The van der Waals surface area contributed by atoms with Crippen molar-refractivity contribution in [3.63, 3.8) is 0 Å². The lowest BCUT2D eigenvalue weighted by atomic mass is 10.3. The highest BCUT2D eigenvalue weighted by molar-refractivity contribution is 4.74. The minimum Gasteiger partial charge on any atom is -0.315 e. The predicted octanol–water partition coefficient (Wildman–Crippen LogP) is 0.671. The summed E-state index contributed by atoms with van der Waals surface area (Å²) in [6, 6.07) is 0. The van der Waals surface area contributed by atoms with Crippen molar-refractivity contribution in [3.8, 4) is 0 Å². The smallest absolute Gasteiger partial charge is 0.0107 e. The fourth-order valence-electron chi connectivity index (χ4n) is 2.20. The van der Waals surface area contributed by atoms with Crippen LogP contribution in [0.15, 0.2) is 0 Å². The summed E-state index contributed by atoms with van der Waals surface area (Å²) in [7, 11) is 0. The van der Waals surface area contributed by atoms with Crippen LogP contribution in [0.25, 0.3) is 0 Å². The second kappa shape index (κ2) is 6.46. The SMILES string of the molecule is C1CNCCN(CCNCCC2CC2)C1. The van der Waals surface area contributed by atoms with E-state index in [1.807, 2.05) is 0 Å². The molecular weight excluding hydrogens is 186 g/mol. The van der Waals surface area contributed by atoms with Gasteiger partial charge in [0, 0.05) is 26.2 Å². The monoisotopic (exact) mass is 211 g/mol. The fraction of sp³-hybridized carbons (Fsp3) is 1.00. The van der Waals surface area contributed by atoms with Crippen LogP contribution in [0.3, 0.4) is 0 Å². The molecule has 0 atom stereocenters. The summed E-state index contributed by atoms with van der Waals surface area (Å²) in [6.45, 7) is 8.51. The Bertz CT molecular complexity index is 160. The molecule has 2 N–H and O–H groups in total. The molecule has 3 nitrogen and oxygen atoms in total. The van der Waals surface area contributed by atoms with Crippen LogP contribution in [0.2, 0.25) is 0 Å². The molecule has 0 aromatic carbocycles. The minimum atomic E-state index is 1.07. The maximum atomic E-state index is 3.56. The maximum absolute atomic E-state index is 3.56. The molecule has 1 aliphatic carbocycles. The van der Waals surface area contributed by atoms with E-state index >= 15 is 0 Å². The molecule has 2 aliphatic rings. The molecule has 3 heteroatoms. The number of nitrogens with zero attached hydrogens (tertiary/aromatic N) is 1. The average Bonchev–Trinajstić information content (AvgIpc) is 3.03. The van der Waals surface area contributed by atoms with Crippen LogP contribution in [-0.2, 0) is 0 Å². The number of rotatable bonds is 6. The molecule has 0 unspecified atom stereocenters. The zero-order valence-electron chi connectivity index (χ0n) is 9.80. The summed E-state index contributed by atoms with van der Waals surface area (Å²) in [6.07, 6.45) is 5.68. The van der Waals surface area contributed by atoms with Gasteiger partial charge in [-0.3, -0.25) is 0 Å². The zero-order valence-corrected chi connectivity index (χ0v) is 9.80. The quantitative estimate of drug-likeness (QED) is 0.632. The van der Waals surface area contributed by atoms with Crippen molar-refractivity contribution in [2.45, 2.75) is 25.7 Å². The lowest BCUT2D eigenvalue weighted by Crippen LogP contribution is -2.35. The first-order chi connectivity index (χ1) is 7.45. The van der Waals surface area contributed by atoms with Crippen LogP contribution >= 0.6 is 0 Å². The highest BCUT2D eigenvalue weighted by Gasteiger charge is 2.19. The highest BCUT2D eigenvalue weighted by Crippen LogP contribution is 2.31. The molecule has 1 heterocycles. The van der Waals surface area contributed by atoms with Gasteiger partial charge in [0.15, 0.2) is 0 Å². The van der Waals surface area contributed by atoms with Crippen LogP contribution < -0.4 is 10.6 Å². The summed E-state index contributed by atoms with van der Waals surface area (Å²) in [5.41, 5.74) is 0. The van der Waals surface area contributed by atoms with Crippen molar-refractivity contribution in [1.29, 1.82) is 0 Å². The van der Waals surface area contributed by atoms with Gasteiger partial charge in [0.1, 0.15) is 0 Å². The molecule has 2 rings (SSSR count). The largest absolute Gasteiger partial charge is 0.315 e. The molecular formula is C12H25N3. The van der Waals surface area contributed by atoms with Gasteiger partial charge in [-0.25, -0.2) is 0 Å². The first-order valence-electron chi connectivity index (χ1n) is 6.59. The van der Waals surface area contributed by atoms with Gasteiger partial charge < -0.3 is 15.5 Å². The Hall–Kier alpha value is -0.120. The van der Waals surface area contributed by atoms with Crippen molar-refractivity contribution in [2.24, 2.45) is 5.92 Å². The van der Waals surface area contributed by atoms with E-state index in [0.29, 0.717) is 0 Å². The summed E-state index contributed by atoms with van der Waals surface area (Å²) in [5, 5.41) is 7.00. The molecule has 0 spiro atoms. The molecule has 88 valence electrons. The van der Waals surface area contributed by atoms with Gasteiger partial charge in [-0.05, 0) is 38.4 Å². The maximum Gasteiger partial charge on any atom is 0.0107 e. The third kappa shape index (κ3) is 4.96. The van der Waals surface area contributed by atoms with Crippen molar-refractivity contribution >= 4 is 0 Å². The molecule has 0 bridgehead atoms. The van der Waals surface area contributed by atoms with Gasteiger partial charge in [0.2, 0.25) is 0 Å². The highest BCUT2D eigenvalue weighted by atomic mass is 15.2. The van der Waals surface area contributed by atoms with E-state index in [1.54, 1.807) is 0 Å². The molecule has 0 aromatic rings. The van der Waals surface area contributed by atoms with E-state index in [1.165, 1.54) is 71.5 Å². The Kier molecular flexibility index (Phi) is 4.90. The topological polar surface area (TPSA) is 27.3 Å². The van der Waals surface area contributed by atoms with Gasteiger partial charge in [-0.15, -0.1) is 0 Å². The molecule has 0 amide bonds.